The van der Waals surface area contributed by atoms with E-state index < -0.39 is 18.1 Å². The second-order valence-electron chi connectivity index (χ2n) is 5.46. The Morgan fingerprint density at radius 3 is 2.00 bits per heavy atom. The maximum Gasteiger partial charge on any atom is 0.409 e. The Morgan fingerprint density at radius 1 is 0.957 bits per heavy atom. The summed E-state index contributed by atoms with van der Waals surface area (Å²) in [6.45, 7) is 1.84. The van der Waals surface area contributed by atoms with E-state index in [1.165, 1.54) is 12.0 Å². The molecule has 0 spiro atoms. The van der Waals surface area contributed by atoms with E-state index in [1.807, 2.05) is 55.5 Å². The number of hydrogen-bond acceptors (Lipinski definition) is 3. The van der Waals surface area contributed by atoms with Crippen molar-refractivity contribution in [1.29, 1.82) is 0 Å². The minimum Gasteiger partial charge on any atom is -0.453 e. The molecule has 0 saturated heterocycles. The number of Topliss-reactive ketones (excluding diaryl/α,β-unsaturated/α-hetero) is 1. The van der Waals surface area contributed by atoms with Gasteiger partial charge in [-0.2, -0.15) is 0 Å². The molecule has 1 amide bonds. The lowest BCUT2D eigenvalue weighted by Crippen LogP contribution is -2.37. The SMILES string of the molecule is COC(=O)N(C)[C@@H](c1ccccc1)[C@H](C)C(=O)c1ccccc1. The van der Waals surface area contributed by atoms with E-state index in [9.17, 15) is 9.59 Å². The highest BCUT2D eigenvalue weighted by atomic mass is 16.5. The number of ketones is 1. The van der Waals surface area contributed by atoms with Gasteiger partial charge in [-0.25, -0.2) is 4.79 Å². The lowest BCUT2D eigenvalue weighted by atomic mass is 9.87. The standard InChI is InChI=1S/C19H21NO3/c1-14(18(21)16-12-8-5-9-13-16)17(20(2)19(22)23-3)15-10-6-4-7-11-15/h4-14,17H,1-3H3/t14-,17+/m0/s1. The van der Waals surface area contributed by atoms with Gasteiger partial charge >= 0.3 is 6.09 Å². The van der Waals surface area contributed by atoms with Crippen LogP contribution in [0.3, 0.4) is 0 Å². The van der Waals surface area contributed by atoms with Gasteiger partial charge in [0.2, 0.25) is 0 Å². The molecular weight excluding hydrogens is 290 g/mol. The van der Waals surface area contributed by atoms with E-state index in [0.29, 0.717) is 5.56 Å². The van der Waals surface area contributed by atoms with Gasteiger partial charge in [-0.1, -0.05) is 67.6 Å². The second-order valence-corrected chi connectivity index (χ2v) is 5.46. The summed E-state index contributed by atoms with van der Waals surface area (Å²) in [5, 5.41) is 0. The van der Waals surface area contributed by atoms with Crippen molar-refractivity contribution in [2.45, 2.75) is 13.0 Å². The van der Waals surface area contributed by atoms with Crippen molar-refractivity contribution >= 4 is 11.9 Å². The summed E-state index contributed by atoms with van der Waals surface area (Å²) < 4.78 is 4.83. The van der Waals surface area contributed by atoms with Crippen LogP contribution >= 0.6 is 0 Å². The normalized spacial score (nSPS) is 13.0. The first kappa shape index (κ1) is 16.7. The fraction of sp³-hybridized carbons (Fsp3) is 0.263. The van der Waals surface area contributed by atoms with Crippen LogP contribution in [-0.4, -0.2) is 30.9 Å². The average molecular weight is 311 g/mol. The number of carbonyl (C=O) groups is 2. The van der Waals surface area contributed by atoms with Crippen LogP contribution in [0.25, 0.3) is 0 Å². The highest BCUT2D eigenvalue weighted by Gasteiger charge is 2.32. The van der Waals surface area contributed by atoms with Crippen LogP contribution in [0.15, 0.2) is 60.7 Å². The van der Waals surface area contributed by atoms with Crippen molar-refractivity contribution in [1.82, 2.24) is 4.90 Å². The molecule has 0 N–H and O–H groups in total. The smallest absolute Gasteiger partial charge is 0.409 e. The third kappa shape index (κ3) is 3.77. The van der Waals surface area contributed by atoms with Crippen LogP contribution in [0.1, 0.15) is 28.9 Å². The summed E-state index contributed by atoms with van der Waals surface area (Å²) >= 11 is 0. The Hall–Kier alpha value is -2.62. The number of amides is 1. The quantitative estimate of drug-likeness (QED) is 0.786. The Bertz CT molecular complexity index is 655. The molecule has 2 aromatic rings. The molecule has 0 aromatic heterocycles. The van der Waals surface area contributed by atoms with Gasteiger partial charge in [0.1, 0.15) is 0 Å². The average Bonchev–Trinajstić information content (AvgIpc) is 2.62. The molecule has 2 rings (SSSR count). The van der Waals surface area contributed by atoms with Gasteiger partial charge in [-0.05, 0) is 5.56 Å². The van der Waals surface area contributed by atoms with Crippen LogP contribution < -0.4 is 0 Å². The summed E-state index contributed by atoms with van der Waals surface area (Å²) in [7, 11) is 2.99. The number of benzene rings is 2. The molecule has 4 heteroatoms. The van der Waals surface area contributed by atoms with E-state index in [1.54, 1.807) is 19.2 Å². The molecule has 120 valence electrons. The number of methoxy groups -OCH3 is 1. The van der Waals surface area contributed by atoms with Gasteiger partial charge in [0.15, 0.2) is 5.78 Å². The van der Waals surface area contributed by atoms with Gasteiger partial charge in [0.25, 0.3) is 0 Å². The molecule has 0 aliphatic carbocycles. The van der Waals surface area contributed by atoms with E-state index in [0.717, 1.165) is 5.56 Å². The number of carbonyl (C=O) groups excluding carboxylic acids is 2. The first-order valence-corrected chi connectivity index (χ1v) is 7.51. The number of ether oxygens (including phenoxy) is 1. The Kier molecular flexibility index (Phi) is 5.52. The zero-order chi connectivity index (χ0) is 16.8. The van der Waals surface area contributed by atoms with Crippen molar-refractivity contribution in [2.75, 3.05) is 14.2 Å². The second kappa shape index (κ2) is 7.58. The van der Waals surface area contributed by atoms with Gasteiger partial charge in [0.05, 0.1) is 13.2 Å². The topological polar surface area (TPSA) is 46.6 Å². The van der Waals surface area contributed by atoms with Crippen LogP contribution in [0.5, 0.6) is 0 Å². The van der Waals surface area contributed by atoms with Crippen molar-refractivity contribution in [2.24, 2.45) is 5.92 Å². The van der Waals surface area contributed by atoms with E-state index >= 15 is 0 Å². The number of hydrogen-bond donors (Lipinski definition) is 0. The molecule has 4 nitrogen and oxygen atoms in total. The fourth-order valence-electron chi connectivity index (χ4n) is 2.76. The first-order valence-electron chi connectivity index (χ1n) is 7.51. The highest BCUT2D eigenvalue weighted by Crippen LogP contribution is 2.30. The third-order valence-electron chi connectivity index (χ3n) is 3.97. The largest absolute Gasteiger partial charge is 0.453 e. The maximum atomic E-state index is 12.8. The predicted molar refractivity (Wildman–Crippen MR) is 89.3 cm³/mol. The van der Waals surface area contributed by atoms with Crippen LogP contribution in [0.4, 0.5) is 4.79 Å². The summed E-state index contributed by atoms with van der Waals surface area (Å²) in [6.07, 6.45) is -0.466. The Morgan fingerprint density at radius 2 is 1.48 bits per heavy atom. The van der Waals surface area contributed by atoms with Crippen molar-refractivity contribution in [3.63, 3.8) is 0 Å². The van der Waals surface area contributed by atoms with Gasteiger partial charge in [-0.3, -0.25) is 4.79 Å². The molecule has 0 unspecified atom stereocenters. The van der Waals surface area contributed by atoms with Crippen molar-refractivity contribution in [3.05, 3.63) is 71.8 Å². The highest BCUT2D eigenvalue weighted by molar-refractivity contribution is 5.98. The molecule has 0 aliphatic heterocycles. The maximum absolute atomic E-state index is 12.8. The lowest BCUT2D eigenvalue weighted by Gasteiger charge is -2.31. The van der Waals surface area contributed by atoms with Crippen LogP contribution in [0.2, 0.25) is 0 Å². The number of rotatable bonds is 5. The lowest BCUT2D eigenvalue weighted by molar-refractivity contribution is 0.0783. The summed E-state index contributed by atoms with van der Waals surface area (Å²) in [5.74, 6) is -0.404. The van der Waals surface area contributed by atoms with E-state index in [2.05, 4.69) is 0 Å². The van der Waals surface area contributed by atoms with Gasteiger partial charge in [-0.15, -0.1) is 0 Å². The Labute approximate surface area is 136 Å². The molecule has 2 aromatic carbocycles. The monoisotopic (exact) mass is 311 g/mol. The molecular formula is C19H21NO3. The predicted octanol–water partition coefficient (Wildman–Crippen LogP) is 3.94. The molecule has 0 saturated carbocycles. The van der Waals surface area contributed by atoms with Gasteiger partial charge in [0, 0.05) is 18.5 Å². The number of nitrogens with zero attached hydrogens (tertiary/aromatic N) is 1. The molecule has 0 bridgehead atoms. The van der Waals surface area contributed by atoms with E-state index in [4.69, 9.17) is 4.74 Å². The fourth-order valence-corrected chi connectivity index (χ4v) is 2.76. The van der Waals surface area contributed by atoms with Crippen molar-refractivity contribution < 1.29 is 14.3 Å². The summed E-state index contributed by atoms with van der Waals surface area (Å²) in [4.78, 5) is 26.3. The molecule has 0 aliphatic rings. The molecule has 0 fully saturated rings. The minimum atomic E-state index is -0.466. The molecule has 0 heterocycles. The minimum absolute atomic E-state index is 0.00444. The van der Waals surface area contributed by atoms with Gasteiger partial charge < -0.3 is 9.64 Å². The first-order chi connectivity index (χ1) is 11.1. The molecule has 2 atom stereocenters. The zero-order valence-electron chi connectivity index (χ0n) is 13.6. The van der Waals surface area contributed by atoms with E-state index in [-0.39, 0.29) is 5.78 Å². The summed E-state index contributed by atoms with van der Waals surface area (Å²) in [5.41, 5.74) is 1.54. The zero-order valence-corrected chi connectivity index (χ0v) is 13.6. The third-order valence-corrected chi connectivity index (χ3v) is 3.97. The Balaban J connectivity index is 2.37. The van der Waals surface area contributed by atoms with Crippen molar-refractivity contribution in [3.8, 4) is 0 Å². The molecule has 0 radical (unpaired) electrons. The van der Waals surface area contributed by atoms with Crippen LogP contribution in [0, 0.1) is 5.92 Å². The molecule has 23 heavy (non-hydrogen) atoms. The summed E-state index contributed by atoms with van der Waals surface area (Å²) in [6, 6.07) is 18.3. The van der Waals surface area contributed by atoms with Crippen LogP contribution in [-0.2, 0) is 4.74 Å².